The molecule has 0 atom stereocenters. The van der Waals surface area contributed by atoms with Gasteiger partial charge in [0, 0.05) is 0 Å². The first-order valence-electron chi connectivity index (χ1n) is 6.12. The maximum atomic E-state index is 6.00. The van der Waals surface area contributed by atoms with Gasteiger partial charge in [0.1, 0.15) is 12.4 Å². The molecule has 0 aliphatic carbocycles. The zero-order valence-electron chi connectivity index (χ0n) is 11.2. The minimum atomic E-state index is 0.562. The predicted molar refractivity (Wildman–Crippen MR) is 75.8 cm³/mol. The molecule has 2 N–H and O–H groups in total. The molecule has 0 aromatic heterocycles. The average Bonchev–Trinajstić information content (AvgIpc) is 2.33. The van der Waals surface area contributed by atoms with E-state index in [0.29, 0.717) is 6.61 Å². The van der Waals surface area contributed by atoms with E-state index in [1.54, 1.807) is 0 Å². The molecule has 0 heterocycles. The van der Waals surface area contributed by atoms with Crippen LogP contribution < -0.4 is 10.5 Å². The summed E-state index contributed by atoms with van der Waals surface area (Å²) in [6.07, 6.45) is 0. The Morgan fingerprint density at radius 3 is 2.11 bits per heavy atom. The van der Waals surface area contributed by atoms with Crippen LogP contribution in [0.15, 0.2) is 36.4 Å². The van der Waals surface area contributed by atoms with E-state index in [4.69, 9.17) is 10.5 Å². The monoisotopic (exact) mass is 241 g/mol. The lowest BCUT2D eigenvalue weighted by molar-refractivity contribution is 0.306. The Bertz CT molecular complexity index is 541. The van der Waals surface area contributed by atoms with Gasteiger partial charge in [-0.15, -0.1) is 0 Å². The van der Waals surface area contributed by atoms with Crippen molar-refractivity contribution in [2.45, 2.75) is 27.4 Å². The fourth-order valence-corrected chi connectivity index (χ4v) is 2.01. The molecule has 0 unspecified atom stereocenters. The number of hydrogen-bond acceptors (Lipinski definition) is 2. The van der Waals surface area contributed by atoms with Gasteiger partial charge in [-0.3, -0.25) is 0 Å². The normalized spacial score (nSPS) is 10.4. The Labute approximate surface area is 108 Å². The van der Waals surface area contributed by atoms with E-state index in [-0.39, 0.29) is 0 Å². The van der Waals surface area contributed by atoms with Gasteiger partial charge in [0.2, 0.25) is 0 Å². The minimum absolute atomic E-state index is 0.562. The number of nitrogen functional groups attached to an aromatic ring is 1. The molecule has 94 valence electrons. The lowest BCUT2D eigenvalue weighted by atomic mass is 10.0. The molecule has 0 aliphatic rings. The van der Waals surface area contributed by atoms with Gasteiger partial charge in [-0.05, 0) is 49.1 Å². The first-order chi connectivity index (χ1) is 8.59. The number of benzene rings is 2. The number of anilines is 1. The summed E-state index contributed by atoms with van der Waals surface area (Å²) < 4.78 is 5.84. The second-order valence-corrected chi connectivity index (χ2v) is 4.65. The summed E-state index contributed by atoms with van der Waals surface area (Å²) in [6.45, 7) is 6.75. The van der Waals surface area contributed by atoms with E-state index >= 15 is 0 Å². The van der Waals surface area contributed by atoms with Crippen LogP contribution in [0.25, 0.3) is 0 Å². The lowest BCUT2D eigenvalue weighted by Crippen LogP contribution is -2.03. The van der Waals surface area contributed by atoms with Crippen molar-refractivity contribution in [1.82, 2.24) is 0 Å². The number of hydrogen-bond donors (Lipinski definition) is 1. The van der Waals surface area contributed by atoms with Crippen LogP contribution in [-0.2, 0) is 6.61 Å². The summed E-state index contributed by atoms with van der Waals surface area (Å²) in [5, 5.41) is 0. The van der Waals surface area contributed by atoms with Crippen LogP contribution in [0.3, 0.4) is 0 Å². The molecule has 2 aromatic carbocycles. The van der Waals surface area contributed by atoms with E-state index in [2.05, 4.69) is 32.0 Å². The highest BCUT2D eigenvalue weighted by Gasteiger charge is 2.06. The Morgan fingerprint density at radius 1 is 0.889 bits per heavy atom. The van der Waals surface area contributed by atoms with Crippen molar-refractivity contribution in [2.24, 2.45) is 0 Å². The van der Waals surface area contributed by atoms with Crippen LogP contribution in [-0.4, -0.2) is 0 Å². The molecule has 2 rings (SSSR count). The molecule has 0 radical (unpaired) electrons. The van der Waals surface area contributed by atoms with Gasteiger partial charge in [-0.25, -0.2) is 0 Å². The number of para-hydroxylation sites is 1. The molecule has 2 heteroatoms. The third-order valence-corrected chi connectivity index (χ3v) is 3.30. The molecule has 18 heavy (non-hydrogen) atoms. The quantitative estimate of drug-likeness (QED) is 0.830. The summed E-state index contributed by atoms with van der Waals surface area (Å²) in [5.74, 6) is 0.762. The van der Waals surface area contributed by atoms with E-state index < -0.39 is 0 Å². The highest BCUT2D eigenvalue weighted by atomic mass is 16.5. The molecular formula is C16H19NO. The van der Waals surface area contributed by atoms with Crippen LogP contribution in [0.1, 0.15) is 22.3 Å². The molecule has 2 nitrogen and oxygen atoms in total. The van der Waals surface area contributed by atoms with E-state index in [1.165, 1.54) is 16.7 Å². The van der Waals surface area contributed by atoms with Crippen molar-refractivity contribution in [1.29, 1.82) is 0 Å². The smallest absolute Gasteiger partial charge is 0.142 e. The fraction of sp³-hybridized carbons (Fsp3) is 0.250. The van der Waals surface area contributed by atoms with Gasteiger partial charge in [-0.2, -0.15) is 0 Å². The van der Waals surface area contributed by atoms with E-state index in [1.807, 2.05) is 25.1 Å². The average molecular weight is 241 g/mol. The number of nitrogens with two attached hydrogens (primary N) is 1. The van der Waals surface area contributed by atoms with Crippen molar-refractivity contribution < 1.29 is 4.74 Å². The fourth-order valence-electron chi connectivity index (χ4n) is 2.01. The van der Waals surface area contributed by atoms with Gasteiger partial charge < -0.3 is 10.5 Å². The second kappa shape index (κ2) is 5.13. The Kier molecular flexibility index (Phi) is 3.56. The van der Waals surface area contributed by atoms with E-state index in [0.717, 1.165) is 17.0 Å². The third-order valence-electron chi connectivity index (χ3n) is 3.30. The molecule has 0 spiro atoms. The molecule has 0 saturated heterocycles. The SMILES string of the molecule is Cc1cccc(OCc2c(C)cccc2C)c1N. The first kappa shape index (κ1) is 12.5. The Hall–Kier alpha value is -1.96. The topological polar surface area (TPSA) is 35.2 Å². The number of rotatable bonds is 3. The van der Waals surface area contributed by atoms with Crippen molar-refractivity contribution in [2.75, 3.05) is 5.73 Å². The van der Waals surface area contributed by atoms with Crippen molar-refractivity contribution in [3.05, 3.63) is 58.7 Å². The highest BCUT2D eigenvalue weighted by molar-refractivity contribution is 5.57. The van der Waals surface area contributed by atoms with Crippen molar-refractivity contribution >= 4 is 5.69 Å². The van der Waals surface area contributed by atoms with E-state index in [9.17, 15) is 0 Å². The van der Waals surface area contributed by atoms with Gasteiger partial charge in [0.15, 0.2) is 0 Å². The third kappa shape index (κ3) is 2.48. The van der Waals surface area contributed by atoms with Gasteiger partial charge in [0.05, 0.1) is 5.69 Å². The zero-order valence-corrected chi connectivity index (χ0v) is 11.2. The molecule has 0 aliphatic heterocycles. The molecule has 0 saturated carbocycles. The summed E-state index contributed by atoms with van der Waals surface area (Å²) in [6, 6.07) is 12.1. The largest absolute Gasteiger partial charge is 0.487 e. The first-order valence-corrected chi connectivity index (χ1v) is 6.12. The van der Waals surface area contributed by atoms with Gasteiger partial charge in [-0.1, -0.05) is 30.3 Å². The predicted octanol–water partition coefficient (Wildman–Crippen LogP) is 3.77. The van der Waals surface area contributed by atoms with Crippen LogP contribution in [0.4, 0.5) is 5.69 Å². The van der Waals surface area contributed by atoms with Crippen LogP contribution >= 0.6 is 0 Å². The summed E-state index contributed by atoms with van der Waals surface area (Å²) >= 11 is 0. The summed E-state index contributed by atoms with van der Waals surface area (Å²) in [4.78, 5) is 0. The summed E-state index contributed by atoms with van der Waals surface area (Å²) in [7, 11) is 0. The van der Waals surface area contributed by atoms with Crippen molar-refractivity contribution in [3.63, 3.8) is 0 Å². The van der Waals surface area contributed by atoms with Crippen molar-refractivity contribution in [3.8, 4) is 5.75 Å². The molecule has 0 fully saturated rings. The maximum Gasteiger partial charge on any atom is 0.142 e. The van der Waals surface area contributed by atoms with Crippen LogP contribution in [0, 0.1) is 20.8 Å². The number of ether oxygens (including phenoxy) is 1. The van der Waals surface area contributed by atoms with Gasteiger partial charge in [0.25, 0.3) is 0 Å². The molecule has 0 bridgehead atoms. The zero-order chi connectivity index (χ0) is 13.1. The lowest BCUT2D eigenvalue weighted by Gasteiger charge is -2.13. The van der Waals surface area contributed by atoms with Crippen LogP contribution in [0.2, 0.25) is 0 Å². The second-order valence-electron chi connectivity index (χ2n) is 4.65. The standard InChI is InChI=1S/C16H19NO/c1-11-6-4-7-12(2)14(11)10-18-15-9-5-8-13(3)16(15)17/h4-9H,10,17H2,1-3H3. The Balaban J connectivity index is 2.19. The number of aryl methyl sites for hydroxylation is 3. The molecule has 2 aromatic rings. The molecule has 0 amide bonds. The Morgan fingerprint density at radius 2 is 1.44 bits per heavy atom. The van der Waals surface area contributed by atoms with Crippen LogP contribution in [0.5, 0.6) is 5.75 Å². The highest BCUT2D eigenvalue weighted by Crippen LogP contribution is 2.26. The minimum Gasteiger partial charge on any atom is -0.487 e. The summed E-state index contributed by atoms with van der Waals surface area (Å²) in [5.41, 5.74) is 11.5. The maximum absolute atomic E-state index is 6.00. The van der Waals surface area contributed by atoms with Gasteiger partial charge >= 0.3 is 0 Å². The molecular weight excluding hydrogens is 222 g/mol.